The molecule has 2 aromatic carbocycles. The molecule has 0 aliphatic rings. The van der Waals surface area contributed by atoms with Gasteiger partial charge in [-0.3, -0.25) is 0 Å². The molecule has 0 unspecified atom stereocenters. The number of para-hydroxylation sites is 2. The number of benzene rings is 2. The van der Waals surface area contributed by atoms with E-state index >= 15 is 0 Å². The Labute approximate surface area is 137 Å². The van der Waals surface area contributed by atoms with Crippen LogP contribution in [0.5, 0.6) is 11.5 Å². The monoisotopic (exact) mass is 316 g/mol. The zero-order valence-electron chi connectivity index (χ0n) is 13.7. The number of ether oxygens (including phenoxy) is 2. The summed E-state index contributed by atoms with van der Waals surface area (Å²) in [5, 5.41) is 19.5. The van der Waals surface area contributed by atoms with Crippen molar-refractivity contribution in [1.29, 1.82) is 0 Å². The molecule has 4 nitrogen and oxygen atoms in total. The molecule has 0 bridgehead atoms. The molecule has 0 amide bonds. The number of rotatable bonds is 8. The van der Waals surface area contributed by atoms with Gasteiger partial charge in [0.05, 0.1) is 18.6 Å². The van der Waals surface area contributed by atoms with Gasteiger partial charge in [-0.15, -0.1) is 0 Å². The van der Waals surface area contributed by atoms with Crippen molar-refractivity contribution in [3.05, 3.63) is 59.7 Å². The molecule has 0 fully saturated rings. The minimum absolute atomic E-state index is 0.177. The van der Waals surface area contributed by atoms with Crippen LogP contribution in [0.25, 0.3) is 0 Å². The summed E-state index contributed by atoms with van der Waals surface area (Å²) in [5.41, 5.74) is 1.17. The minimum atomic E-state index is -0.857. The van der Waals surface area contributed by atoms with Crippen LogP contribution in [-0.2, 0) is 0 Å². The third-order valence-electron chi connectivity index (χ3n) is 3.93. The largest absolute Gasteiger partial charge is 0.492 e. The molecule has 4 heteroatoms. The predicted molar refractivity (Wildman–Crippen MR) is 90.0 cm³/mol. The molecule has 0 radical (unpaired) electrons. The Morgan fingerprint density at radius 3 is 1.48 bits per heavy atom. The Bertz CT molecular complexity index is 569. The molecule has 0 saturated heterocycles. The summed E-state index contributed by atoms with van der Waals surface area (Å²) in [5.74, 6) is 1.49. The van der Waals surface area contributed by atoms with Gasteiger partial charge in [-0.25, -0.2) is 0 Å². The van der Waals surface area contributed by atoms with Crippen LogP contribution >= 0.6 is 0 Å². The van der Waals surface area contributed by atoms with Crippen LogP contribution in [0.3, 0.4) is 0 Å². The zero-order valence-corrected chi connectivity index (χ0v) is 13.7. The van der Waals surface area contributed by atoms with Crippen LogP contribution in [0.15, 0.2) is 48.5 Å². The Morgan fingerprint density at radius 2 is 1.13 bits per heavy atom. The average Bonchev–Trinajstić information content (AvgIpc) is 2.58. The highest BCUT2D eigenvalue weighted by Gasteiger charge is 2.31. The Morgan fingerprint density at radius 1 is 0.739 bits per heavy atom. The lowest BCUT2D eigenvalue weighted by atomic mass is 9.92. The van der Waals surface area contributed by atoms with E-state index in [-0.39, 0.29) is 26.4 Å². The fraction of sp³-hybridized carbons (Fsp3) is 0.368. The van der Waals surface area contributed by atoms with Gasteiger partial charge in [0.1, 0.15) is 24.7 Å². The SMILES string of the molecule is Cc1ccccc1OCC(CO)(CO)COc1ccccc1C. The lowest BCUT2D eigenvalue weighted by Gasteiger charge is -2.30. The van der Waals surface area contributed by atoms with Crippen molar-refractivity contribution in [2.24, 2.45) is 5.41 Å². The summed E-state index contributed by atoms with van der Waals surface area (Å²) in [6.45, 7) is 3.83. The van der Waals surface area contributed by atoms with Gasteiger partial charge in [0, 0.05) is 0 Å². The maximum atomic E-state index is 9.75. The van der Waals surface area contributed by atoms with E-state index in [2.05, 4.69) is 0 Å². The molecule has 0 atom stereocenters. The first-order valence-corrected chi connectivity index (χ1v) is 7.69. The second-order valence-corrected chi connectivity index (χ2v) is 5.92. The lowest BCUT2D eigenvalue weighted by Crippen LogP contribution is -2.42. The number of hydrogen-bond acceptors (Lipinski definition) is 4. The van der Waals surface area contributed by atoms with E-state index in [0.29, 0.717) is 0 Å². The van der Waals surface area contributed by atoms with Gasteiger partial charge in [0.25, 0.3) is 0 Å². The molecular formula is C19H24O4. The van der Waals surface area contributed by atoms with Crippen molar-refractivity contribution in [2.75, 3.05) is 26.4 Å². The number of aliphatic hydroxyl groups excluding tert-OH is 2. The number of hydrogen-bond donors (Lipinski definition) is 2. The van der Waals surface area contributed by atoms with Crippen LogP contribution in [0.2, 0.25) is 0 Å². The fourth-order valence-electron chi connectivity index (χ4n) is 2.17. The van der Waals surface area contributed by atoms with Crippen molar-refractivity contribution in [2.45, 2.75) is 13.8 Å². The summed E-state index contributed by atoms with van der Waals surface area (Å²) in [4.78, 5) is 0. The summed E-state index contributed by atoms with van der Waals surface area (Å²) < 4.78 is 11.6. The van der Waals surface area contributed by atoms with Crippen molar-refractivity contribution >= 4 is 0 Å². The summed E-state index contributed by atoms with van der Waals surface area (Å²) >= 11 is 0. The molecule has 0 heterocycles. The van der Waals surface area contributed by atoms with E-state index in [0.717, 1.165) is 22.6 Å². The fourth-order valence-corrected chi connectivity index (χ4v) is 2.17. The maximum Gasteiger partial charge on any atom is 0.122 e. The minimum Gasteiger partial charge on any atom is -0.492 e. The van der Waals surface area contributed by atoms with Crippen LogP contribution in [0.4, 0.5) is 0 Å². The second kappa shape index (κ2) is 7.99. The van der Waals surface area contributed by atoms with Crippen LogP contribution in [-0.4, -0.2) is 36.6 Å². The van der Waals surface area contributed by atoms with E-state index < -0.39 is 5.41 Å². The first kappa shape index (κ1) is 17.3. The van der Waals surface area contributed by atoms with Gasteiger partial charge in [-0.05, 0) is 37.1 Å². The molecule has 0 aromatic heterocycles. The first-order valence-electron chi connectivity index (χ1n) is 7.69. The van der Waals surface area contributed by atoms with Crippen molar-refractivity contribution < 1.29 is 19.7 Å². The molecule has 0 saturated carbocycles. The van der Waals surface area contributed by atoms with Crippen molar-refractivity contribution in [3.63, 3.8) is 0 Å². The second-order valence-electron chi connectivity index (χ2n) is 5.92. The average molecular weight is 316 g/mol. The third-order valence-corrected chi connectivity index (χ3v) is 3.93. The van der Waals surface area contributed by atoms with Gasteiger partial charge in [-0.1, -0.05) is 36.4 Å². The van der Waals surface area contributed by atoms with Crippen LogP contribution in [0, 0.1) is 19.3 Å². The van der Waals surface area contributed by atoms with Gasteiger partial charge in [0.15, 0.2) is 0 Å². The molecule has 2 aromatic rings. The zero-order chi connectivity index (χ0) is 16.7. The maximum absolute atomic E-state index is 9.75. The third kappa shape index (κ3) is 4.47. The topological polar surface area (TPSA) is 58.9 Å². The number of aryl methyl sites for hydroxylation is 2. The Kier molecular flexibility index (Phi) is 6.02. The molecule has 2 N–H and O–H groups in total. The van der Waals surface area contributed by atoms with E-state index in [9.17, 15) is 10.2 Å². The predicted octanol–water partition coefficient (Wildman–Crippen LogP) is 2.73. The van der Waals surface area contributed by atoms with Gasteiger partial charge in [0.2, 0.25) is 0 Å². The first-order chi connectivity index (χ1) is 11.1. The smallest absolute Gasteiger partial charge is 0.122 e. The highest BCUT2D eigenvalue weighted by molar-refractivity contribution is 5.32. The van der Waals surface area contributed by atoms with Gasteiger partial charge < -0.3 is 19.7 Å². The van der Waals surface area contributed by atoms with Gasteiger partial charge >= 0.3 is 0 Å². The molecular weight excluding hydrogens is 292 g/mol. The van der Waals surface area contributed by atoms with E-state index in [4.69, 9.17) is 9.47 Å². The van der Waals surface area contributed by atoms with E-state index in [1.54, 1.807) is 0 Å². The quantitative estimate of drug-likeness (QED) is 0.786. The molecule has 0 aliphatic carbocycles. The summed E-state index contributed by atoms with van der Waals surface area (Å²) in [6.07, 6.45) is 0. The summed E-state index contributed by atoms with van der Waals surface area (Å²) in [7, 11) is 0. The molecule has 23 heavy (non-hydrogen) atoms. The Hall–Kier alpha value is -2.04. The Balaban J connectivity index is 2.04. The molecule has 2 rings (SSSR count). The van der Waals surface area contributed by atoms with Crippen LogP contribution in [0.1, 0.15) is 11.1 Å². The van der Waals surface area contributed by atoms with Crippen molar-refractivity contribution in [1.82, 2.24) is 0 Å². The molecule has 0 spiro atoms. The van der Waals surface area contributed by atoms with Crippen molar-refractivity contribution in [3.8, 4) is 11.5 Å². The molecule has 124 valence electrons. The highest BCUT2D eigenvalue weighted by atomic mass is 16.5. The normalized spacial score (nSPS) is 11.3. The highest BCUT2D eigenvalue weighted by Crippen LogP contribution is 2.24. The lowest BCUT2D eigenvalue weighted by molar-refractivity contribution is -0.0189. The van der Waals surface area contributed by atoms with Crippen LogP contribution < -0.4 is 9.47 Å². The van der Waals surface area contributed by atoms with Gasteiger partial charge in [-0.2, -0.15) is 0 Å². The van der Waals surface area contributed by atoms with E-state index in [1.807, 2.05) is 62.4 Å². The van der Waals surface area contributed by atoms with E-state index in [1.165, 1.54) is 0 Å². The summed E-state index contributed by atoms with van der Waals surface area (Å²) in [6, 6.07) is 15.3. The molecule has 0 aliphatic heterocycles. The number of aliphatic hydroxyl groups is 2. The standard InChI is InChI=1S/C19H24O4/c1-15-7-3-5-9-17(15)22-13-19(11-20,12-21)14-23-18-10-6-4-8-16(18)2/h3-10,20-21H,11-14H2,1-2H3.